The lowest BCUT2D eigenvalue weighted by Gasteiger charge is -2.02. The van der Waals surface area contributed by atoms with E-state index >= 15 is 0 Å². The molecular formula is C7H7N3O4. The Hall–Kier alpha value is -2.15. The van der Waals surface area contributed by atoms with E-state index in [2.05, 4.69) is 0 Å². The van der Waals surface area contributed by atoms with E-state index in [0.717, 1.165) is 0 Å². The van der Waals surface area contributed by atoms with Gasteiger partial charge >= 0.3 is 5.69 Å². The number of nitro groups is 1. The molecule has 0 saturated heterocycles. The molecule has 0 aliphatic heterocycles. The summed E-state index contributed by atoms with van der Waals surface area (Å²) in [6.45, 7) is 0. The molecule has 14 heavy (non-hydrogen) atoms. The largest absolute Gasteiger partial charge is 0.393 e. The van der Waals surface area contributed by atoms with Gasteiger partial charge in [0.05, 0.1) is 4.92 Å². The highest BCUT2D eigenvalue weighted by Gasteiger charge is 2.22. The molecule has 0 saturated carbocycles. The minimum Gasteiger partial charge on any atom is -0.393 e. The van der Waals surface area contributed by atoms with Crippen molar-refractivity contribution in [1.29, 1.82) is 0 Å². The summed E-state index contributed by atoms with van der Waals surface area (Å²) in [5, 5.41) is 18.8. The topological polar surface area (TPSA) is 118 Å². The quantitative estimate of drug-likeness (QED) is 0.272. The molecular weight excluding hydrogens is 190 g/mol. The number of nitrogens with zero attached hydrogens (tertiary/aromatic N) is 1. The van der Waals surface area contributed by atoms with E-state index in [1.807, 2.05) is 0 Å². The first-order valence-corrected chi connectivity index (χ1v) is 3.55. The third-order valence-corrected chi connectivity index (χ3v) is 1.60. The number of carbonyl (C=O) groups is 1. The van der Waals surface area contributed by atoms with Crippen molar-refractivity contribution < 1.29 is 14.9 Å². The summed E-state index contributed by atoms with van der Waals surface area (Å²) >= 11 is 0. The first kappa shape index (κ1) is 9.93. The molecule has 0 aliphatic carbocycles. The number of para-hydroxylation sites is 1. The number of nitrogens with one attached hydrogen (secondary N) is 1. The molecule has 1 rings (SSSR count). The van der Waals surface area contributed by atoms with Crippen LogP contribution in [0.1, 0.15) is 10.4 Å². The monoisotopic (exact) mass is 197 g/mol. The Morgan fingerprint density at radius 3 is 2.71 bits per heavy atom. The van der Waals surface area contributed by atoms with Crippen molar-refractivity contribution in [1.82, 2.24) is 5.48 Å². The van der Waals surface area contributed by atoms with Gasteiger partial charge in [-0.15, -0.1) is 0 Å². The van der Waals surface area contributed by atoms with Crippen LogP contribution in [-0.2, 0) is 0 Å². The number of hydrogen-bond acceptors (Lipinski definition) is 5. The zero-order chi connectivity index (χ0) is 10.7. The predicted octanol–water partition coefficient (Wildman–Crippen LogP) is 0.296. The van der Waals surface area contributed by atoms with E-state index in [1.54, 1.807) is 0 Å². The highest BCUT2D eigenvalue weighted by molar-refractivity contribution is 5.99. The molecule has 0 spiro atoms. The molecule has 0 fully saturated rings. The van der Waals surface area contributed by atoms with Gasteiger partial charge in [0.2, 0.25) is 0 Å². The van der Waals surface area contributed by atoms with Crippen molar-refractivity contribution in [3.63, 3.8) is 0 Å². The van der Waals surface area contributed by atoms with Gasteiger partial charge in [0.1, 0.15) is 11.3 Å². The van der Waals surface area contributed by atoms with Crippen LogP contribution in [0.15, 0.2) is 18.2 Å². The van der Waals surface area contributed by atoms with Gasteiger partial charge < -0.3 is 5.73 Å². The van der Waals surface area contributed by atoms with Crippen LogP contribution < -0.4 is 11.2 Å². The predicted molar refractivity (Wildman–Crippen MR) is 46.8 cm³/mol. The molecule has 1 amide bonds. The Bertz CT molecular complexity index is 391. The van der Waals surface area contributed by atoms with Crippen molar-refractivity contribution >= 4 is 17.3 Å². The molecule has 0 aromatic heterocycles. The number of nitrogen functional groups attached to an aromatic ring is 1. The second kappa shape index (κ2) is 3.71. The normalized spacial score (nSPS) is 9.50. The number of nitrogens with two attached hydrogens (primary N) is 1. The average Bonchev–Trinajstić information content (AvgIpc) is 2.15. The maximum atomic E-state index is 11.0. The number of hydroxylamine groups is 1. The minimum absolute atomic E-state index is 0.129. The maximum Gasteiger partial charge on any atom is 0.304 e. The molecule has 0 atom stereocenters. The molecule has 4 N–H and O–H groups in total. The molecule has 1 aromatic rings. The van der Waals surface area contributed by atoms with Crippen molar-refractivity contribution in [3.8, 4) is 0 Å². The van der Waals surface area contributed by atoms with Gasteiger partial charge in [-0.2, -0.15) is 0 Å². The van der Waals surface area contributed by atoms with Crippen LogP contribution in [0.2, 0.25) is 0 Å². The van der Waals surface area contributed by atoms with Gasteiger partial charge in [-0.3, -0.25) is 20.1 Å². The lowest BCUT2D eigenvalue weighted by atomic mass is 10.1. The summed E-state index contributed by atoms with van der Waals surface area (Å²) in [6.07, 6.45) is 0. The highest BCUT2D eigenvalue weighted by atomic mass is 16.6. The number of carbonyl (C=O) groups excluding carboxylic acids is 1. The summed E-state index contributed by atoms with van der Waals surface area (Å²) in [5.74, 6) is -0.969. The Labute approximate surface area is 78.2 Å². The van der Waals surface area contributed by atoms with Gasteiger partial charge in [0, 0.05) is 0 Å². The van der Waals surface area contributed by atoms with E-state index in [-0.39, 0.29) is 11.3 Å². The molecule has 1 aromatic carbocycles. The van der Waals surface area contributed by atoms with E-state index in [0.29, 0.717) is 0 Å². The van der Waals surface area contributed by atoms with Gasteiger partial charge in [0.25, 0.3) is 5.91 Å². The Balaban J connectivity index is 3.35. The molecule has 0 bridgehead atoms. The number of amides is 1. The Morgan fingerprint density at radius 1 is 1.57 bits per heavy atom. The average molecular weight is 197 g/mol. The minimum atomic E-state index is -0.969. The summed E-state index contributed by atoms with van der Waals surface area (Å²) in [7, 11) is 0. The van der Waals surface area contributed by atoms with Crippen molar-refractivity contribution in [3.05, 3.63) is 33.9 Å². The Morgan fingerprint density at radius 2 is 2.21 bits per heavy atom. The molecule has 0 heterocycles. The standard InChI is InChI=1S/C7H7N3O4/c8-5-3-1-2-4(7(11)9-12)6(5)10(13)14/h1-3,12H,8H2,(H,9,11). The number of benzene rings is 1. The van der Waals surface area contributed by atoms with E-state index in [1.165, 1.54) is 23.7 Å². The van der Waals surface area contributed by atoms with Gasteiger partial charge in [-0.25, -0.2) is 5.48 Å². The van der Waals surface area contributed by atoms with Crippen LogP contribution in [0, 0.1) is 10.1 Å². The van der Waals surface area contributed by atoms with Crippen molar-refractivity contribution in [2.45, 2.75) is 0 Å². The third kappa shape index (κ3) is 1.62. The first-order chi connectivity index (χ1) is 6.57. The van der Waals surface area contributed by atoms with Crippen LogP contribution in [0.3, 0.4) is 0 Å². The fraction of sp³-hybridized carbons (Fsp3) is 0. The molecule has 0 radical (unpaired) electrons. The van der Waals surface area contributed by atoms with Crippen molar-refractivity contribution in [2.75, 3.05) is 5.73 Å². The molecule has 0 aliphatic rings. The van der Waals surface area contributed by atoms with E-state index in [9.17, 15) is 14.9 Å². The van der Waals surface area contributed by atoms with Gasteiger partial charge in [0.15, 0.2) is 0 Å². The molecule has 7 heteroatoms. The second-order valence-corrected chi connectivity index (χ2v) is 2.44. The van der Waals surface area contributed by atoms with Crippen LogP contribution in [0.25, 0.3) is 0 Å². The number of hydrogen-bond donors (Lipinski definition) is 3. The lowest BCUT2D eigenvalue weighted by molar-refractivity contribution is -0.384. The second-order valence-electron chi connectivity index (χ2n) is 2.44. The van der Waals surface area contributed by atoms with Crippen LogP contribution in [-0.4, -0.2) is 16.0 Å². The zero-order valence-corrected chi connectivity index (χ0v) is 6.93. The molecule has 7 nitrogen and oxygen atoms in total. The number of nitro benzene ring substituents is 1. The molecule has 0 unspecified atom stereocenters. The van der Waals surface area contributed by atoms with Crippen molar-refractivity contribution in [2.24, 2.45) is 0 Å². The van der Waals surface area contributed by atoms with E-state index in [4.69, 9.17) is 10.9 Å². The summed E-state index contributed by atoms with van der Waals surface area (Å²) in [4.78, 5) is 20.7. The maximum absolute atomic E-state index is 11.0. The number of rotatable bonds is 2. The van der Waals surface area contributed by atoms with Gasteiger partial charge in [-0.1, -0.05) is 6.07 Å². The fourth-order valence-electron chi connectivity index (χ4n) is 1.01. The SMILES string of the molecule is Nc1cccc(C(=O)NO)c1[N+](=O)[O-]. The lowest BCUT2D eigenvalue weighted by Crippen LogP contribution is -2.20. The van der Waals surface area contributed by atoms with E-state index < -0.39 is 16.5 Å². The Kier molecular flexibility index (Phi) is 2.63. The van der Waals surface area contributed by atoms with Gasteiger partial charge in [-0.05, 0) is 12.1 Å². The summed E-state index contributed by atoms with van der Waals surface area (Å²) < 4.78 is 0. The zero-order valence-electron chi connectivity index (χ0n) is 6.93. The summed E-state index contributed by atoms with van der Waals surface area (Å²) in [6, 6.07) is 3.87. The van der Waals surface area contributed by atoms with Crippen LogP contribution >= 0.6 is 0 Å². The molecule has 74 valence electrons. The third-order valence-electron chi connectivity index (χ3n) is 1.60. The van der Waals surface area contributed by atoms with Crippen LogP contribution in [0.5, 0.6) is 0 Å². The fourth-order valence-corrected chi connectivity index (χ4v) is 1.01. The van der Waals surface area contributed by atoms with Crippen LogP contribution in [0.4, 0.5) is 11.4 Å². The number of anilines is 1. The first-order valence-electron chi connectivity index (χ1n) is 3.55. The smallest absolute Gasteiger partial charge is 0.304 e. The highest BCUT2D eigenvalue weighted by Crippen LogP contribution is 2.25. The summed E-state index contributed by atoms with van der Waals surface area (Å²) in [5.41, 5.74) is 5.69.